The molecule has 2 aliphatic rings. The van der Waals surface area contributed by atoms with Gasteiger partial charge in [-0.05, 0) is 87.2 Å². The molecule has 10 heteroatoms. The molecule has 1 aromatic heterocycles. The molecule has 1 saturated heterocycles. The zero-order valence-electron chi connectivity index (χ0n) is 26.7. The van der Waals surface area contributed by atoms with E-state index in [1.807, 2.05) is 36.9 Å². The van der Waals surface area contributed by atoms with Gasteiger partial charge in [0, 0.05) is 44.6 Å². The van der Waals surface area contributed by atoms with Crippen molar-refractivity contribution in [2.24, 2.45) is 0 Å². The first-order chi connectivity index (χ1) is 21.1. The Kier molecular flexibility index (Phi) is 10.1. The molecule has 44 heavy (non-hydrogen) atoms. The molecule has 9 nitrogen and oxygen atoms in total. The van der Waals surface area contributed by atoms with Crippen molar-refractivity contribution < 1.29 is 22.7 Å². The summed E-state index contributed by atoms with van der Waals surface area (Å²) in [6.07, 6.45) is 3.82. The quantitative estimate of drug-likeness (QED) is 0.289. The van der Waals surface area contributed by atoms with Crippen LogP contribution in [0.4, 0.5) is 0 Å². The molecule has 0 bridgehead atoms. The van der Waals surface area contributed by atoms with Gasteiger partial charge in [-0.1, -0.05) is 36.8 Å². The zero-order valence-corrected chi connectivity index (χ0v) is 27.5. The lowest BCUT2D eigenvalue weighted by Gasteiger charge is -2.38. The number of aromatic nitrogens is 1. The predicted octanol–water partition coefficient (Wildman–Crippen LogP) is 4.68. The first-order valence-electron chi connectivity index (χ1n) is 15.6. The average Bonchev–Trinajstić information content (AvgIpc) is 3.43. The number of fused-ring (bicyclic) bond motifs is 1. The van der Waals surface area contributed by atoms with E-state index in [4.69, 9.17) is 9.47 Å². The zero-order chi connectivity index (χ0) is 31.4. The van der Waals surface area contributed by atoms with Crippen LogP contribution in [0.3, 0.4) is 0 Å². The SMILES string of the molecule is COc1c(C)cc(S(=O)(=O)N(C)CCOCC(=O)N2CCn3c(CN4CCCCC4)ccc3C2c2ccccc2)c(C)c1C. The summed E-state index contributed by atoms with van der Waals surface area (Å²) in [6, 6.07) is 16.0. The summed E-state index contributed by atoms with van der Waals surface area (Å²) in [7, 11) is -0.621. The normalized spacial score (nSPS) is 17.6. The lowest BCUT2D eigenvalue weighted by molar-refractivity contribution is -0.139. The largest absolute Gasteiger partial charge is 0.496 e. The number of rotatable bonds is 11. The van der Waals surface area contributed by atoms with E-state index in [1.165, 1.54) is 29.3 Å². The summed E-state index contributed by atoms with van der Waals surface area (Å²) in [5.74, 6) is 0.592. The summed E-state index contributed by atoms with van der Waals surface area (Å²) in [6.45, 7) is 10.2. The van der Waals surface area contributed by atoms with Gasteiger partial charge in [-0.2, -0.15) is 4.31 Å². The highest BCUT2D eigenvalue weighted by atomic mass is 32.2. The number of methoxy groups -OCH3 is 1. The third-order valence-corrected chi connectivity index (χ3v) is 11.2. The Hall–Kier alpha value is -3.18. The molecule has 0 radical (unpaired) electrons. The minimum atomic E-state index is -3.75. The van der Waals surface area contributed by atoms with E-state index in [2.05, 4.69) is 33.7 Å². The van der Waals surface area contributed by atoms with E-state index in [0.717, 1.165) is 48.6 Å². The minimum absolute atomic E-state index is 0.105. The van der Waals surface area contributed by atoms with Crippen LogP contribution < -0.4 is 4.74 Å². The van der Waals surface area contributed by atoms with Crippen molar-refractivity contribution in [2.45, 2.75) is 64.1 Å². The summed E-state index contributed by atoms with van der Waals surface area (Å²) in [5, 5.41) is 0. The molecule has 0 aliphatic carbocycles. The van der Waals surface area contributed by atoms with Gasteiger partial charge >= 0.3 is 0 Å². The van der Waals surface area contributed by atoms with Gasteiger partial charge < -0.3 is 18.9 Å². The van der Waals surface area contributed by atoms with Gasteiger partial charge in [0.1, 0.15) is 12.4 Å². The Bertz CT molecular complexity index is 1560. The van der Waals surface area contributed by atoms with Gasteiger partial charge in [0.15, 0.2) is 0 Å². The van der Waals surface area contributed by atoms with E-state index < -0.39 is 10.0 Å². The van der Waals surface area contributed by atoms with E-state index >= 15 is 0 Å². The maximum Gasteiger partial charge on any atom is 0.249 e. The van der Waals surface area contributed by atoms with E-state index in [1.54, 1.807) is 27.1 Å². The average molecular weight is 623 g/mol. The van der Waals surface area contributed by atoms with Crippen LogP contribution in [-0.2, 0) is 32.6 Å². The smallest absolute Gasteiger partial charge is 0.249 e. The molecule has 1 unspecified atom stereocenters. The van der Waals surface area contributed by atoms with E-state index in [0.29, 0.717) is 17.9 Å². The first kappa shape index (κ1) is 32.2. The third kappa shape index (κ3) is 6.59. The number of likely N-dealkylation sites (tertiary alicyclic amines) is 1. The van der Waals surface area contributed by atoms with Crippen molar-refractivity contribution in [3.63, 3.8) is 0 Å². The third-order valence-electron chi connectivity index (χ3n) is 9.18. The van der Waals surface area contributed by atoms with Gasteiger partial charge in [0.05, 0.1) is 24.7 Å². The Labute approximate surface area is 262 Å². The number of likely N-dealkylation sites (N-methyl/N-ethyl adjacent to an activating group) is 1. The highest BCUT2D eigenvalue weighted by Gasteiger charge is 2.34. The number of amides is 1. The summed E-state index contributed by atoms with van der Waals surface area (Å²) < 4.78 is 41.8. The number of hydrogen-bond donors (Lipinski definition) is 0. The monoisotopic (exact) mass is 622 g/mol. The number of nitrogens with zero attached hydrogens (tertiary/aromatic N) is 4. The van der Waals surface area contributed by atoms with E-state index in [9.17, 15) is 13.2 Å². The van der Waals surface area contributed by atoms with Crippen molar-refractivity contribution >= 4 is 15.9 Å². The first-order valence-corrected chi connectivity index (χ1v) is 17.0. The fourth-order valence-electron chi connectivity index (χ4n) is 6.60. The molecule has 5 rings (SSSR count). The van der Waals surface area contributed by atoms with Crippen LogP contribution in [0.15, 0.2) is 53.4 Å². The fourth-order valence-corrected chi connectivity index (χ4v) is 8.12. The van der Waals surface area contributed by atoms with Crippen LogP contribution in [0.25, 0.3) is 0 Å². The summed E-state index contributed by atoms with van der Waals surface area (Å²) in [4.78, 5) is 18.3. The number of carbonyl (C=O) groups excluding carboxylic acids is 1. The van der Waals surface area contributed by atoms with Crippen molar-refractivity contribution in [3.8, 4) is 5.75 Å². The molecular formula is C34H46N4O5S. The summed E-state index contributed by atoms with van der Waals surface area (Å²) in [5.41, 5.74) is 5.72. The molecule has 0 N–H and O–H groups in total. The van der Waals surface area contributed by atoms with Crippen LogP contribution in [0, 0.1) is 20.8 Å². The maximum atomic E-state index is 13.6. The molecule has 1 fully saturated rings. The molecular weight excluding hydrogens is 576 g/mol. The topological polar surface area (TPSA) is 84.3 Å². The Morgan fingerprint density at radius 2 is 1.68 bits per heavy atom. The van der Waals surface area contributed by atoms with Crippen LogP contribution in [0.1, 0.15) is 58.9 Å². The molecule has 1 amide bonds. The van der Waals surface area contributed by atoms with Gasteiger partial charge in [0.25, 0.3) is 0 Å². The van der Waals surface area contributed by atoms with Crippen molar-refractivity contribution in [3.05, 3.63) is 82.2 Å². The molecule has 2 aromatic carbocycles. The Morgan fingerprint density at radius 3 is 2.39 bits per heavy atom. The number of aryl methyl sites for hydroxylation is 1. The minimum Gasteiger partial charge on any atom is -0.496 e. The molecule has 2 aliphatic heterocycles. The molecule has 3 heterocycles. The van der Waals surface area contributed by atoms with Gasteiger partial charge in [-0.15, -0.1) is 0 Å². The second-order valence-corrected chi connectivity index (χ2v) is 14.0. The number of piperidine rings is 1. The number of carbonyl (C=O) groups is 1. The van der Waals surface area contributed by atoms with Crippen molar-refractivity contribution in [2.75, 3.05) is 53.6 Å². The fraction of sp³-hybridized carbons (Fsp3) is 0.500. The predicted molar refractivity (Wildman–Crippen MR) is 171 cm³/mol. The van der Waals surface area contributed by atoms with Crippen LogP contribution >= 0.6 is 0 Å². The van der Waals surface area contributed by atoms with E-state index in [-0.39, 0.29) is 36.6 Å². The second-order valence-electron chi connectivity index (χ2n) is 12.0. The van der Waals surface area contributed by atoms with Crippen molar-refractivity contribution in [1.29, 1.82) is 0 Å². The lowest BCUT2D eigenvalue weighted by Crippen LogP contribution is -2.45. The number of sulfonamides is 1. The van der Waals surface area contributed by atoms with Crippen molar-refractivity contribution in [1.82, 2.24) is 18.7 Å². The van der Waals surface area contributed by atoms with Crippen LogP contribution in [0.2, 0.25) is 0 Å². The number of benzene rings is 2. The highest BCUT2D eigenvalue weighted by Crippen LogP contribution is 2.35. The van der Waals surface area contributed by atoms with Gasteiger partial charge in [-0.25, -0.2) is 8.42 Å². The molecule has 3 aromatic rings. The number of ether oxygens (including phenoxy) is 2. The Balaban J connectivity index is 1.24. The highest BCUT2D eigenvalue weighted by molar-refractivity contribution is 7.89. The second kappa shape index (κ2) is 13.9. The number of hydrogen-bond acceptors (Lipinski definition) is 6. The molecule has 0 saturated carbocycles. The summed E-state index contributed by atoms with van der Waals surface area (Å²) >= 11 is 0. The molecule has 0 spiro atoms. The van der Waals surface area contributed by atoms with Gasteiger partial charge in [0.2, 0.25) is 15.9 Å². The standard InChI is InChI=1S/C34H46N4O5S/c1-25-22-31(26(2)27(3)34(25)42-5)44(40,41)35(4)20-21-43-24-32(39)38-19-18-37-29(23-36-16-10-7-11-17-36)14-15-30(37)33(38)28-12-8-6-9-13-28/h6,8-9,12-15,22,33H,7,10-11,16-21,23-24H2,1-5H3. The lowest BCUT2D eigenvalue weighted by atomic mass is 10.00. The van der Waals surface area contributed by atoms with Gasteiger partial charge in [-0.3, -0.25) is 9.69 Å². The molecule has 238 valence electrons. The Morgan fingerprint density at radius 1 is 0.955 bits per heavy atom. The van der Waals surface area contributed by atoms with Crippen LogP contribution in [0.5, 0.6) is 5.75 Å². The maximum absolute atomic E-state index is 13.6. The van der Waals surface area contributed by atoms with Crippen LogP contribution in [-0.4, -0.2) is 86.5 Å². The molecule has 1 atom stereocenters.